The maximum atomic E-state index is 12.8. The van der Waals surface area contributed by atoms with Crippen molar-refractivity contribution in [3.63, 3.8) is 0 Å². The molecule has 3 aromatic rings. The normalized spacial score (nSPS) is 14.6. The lowest BCUT2D eigenvalue weighted by molar-refractivity contribution is 0.102. The molecule has 0 bridgehead atoms. The average molecular weight is 405 g/mol. The van der Waals surface area contributed by atoms with Gasteiger partial charge in [-0.15, -0.1) is 5.10 Å². The molecule has 4 rings (SSSR count). The summed E-state index contributed by atoms with van der Waals surface area (Å²) in [6, 6.07) is 9.93. The first-order valence-electron chi connectivity index (χ1n) is 10.5. The van der Waals surface area contributed by atoms with Crippen molar-refractivity contribution >= 4 is 11.6 Å². The summed E-state index contributed by atoms with van der Waals surface area (Å²) in [6.07, 6.45) is 5.55. The number of anilines is 1. The van der Waals surface area contributed by atoms with Crippen LogP contribution in [0, 0.1) is 20.8 Å². The van der Waals surface area contributed by atoms with Gasteiger partial charge in [-0.3, -0.25) is 14.7 Å². The van der Waals surface area contributed by atoms with Gasteiger partial charge in [0, 0.05) is 6.54 Å². The van der Waals surface area contributed by atoms with Crippen molar-refractivity contribution in [2.75, 3.05) is 18.4 Å². The first-order valence-corrected chi connectivity index (χ1v) is 10.5. The van der Waals surface area contributed by atoms with Crippen LogP contribution in [0.2, 0.25) is 0 Å². The molecule has 0 saturated carbocycles. The van der Waals surface area contributed by atoms with Crippen LogP contribution in [0.5, 0.6) is 0 Å². The van der Waals surface area contributed by atoms with E-state index >= 15 is 0 Å². The van der Waals surface area contributed by atoms with Crippen LogP contribution >= 0.6 is 0 Å². The SMILES string of the molecule is Cc1ccc(-n2nc(C)c(C(=O)Nc3ccc(CN4CCCCC4)nc3)n2)c(C)c1. The van der Waals surface area contributed by atoms with Crippen molar-refractivity contribution in [3.05, 3.63) is 64.7 Å². The van der Waals surface area contributed by atoms with E-state index in [9.17, 15) is 4.79 Å². The fourth-order valence-electron chi connectivity index (χ4n) is 3.85. The average Bonchev–Trinajstić information content (AvgIpc) is 3.11. The van der Waals surface area contributed by atoms with E-state index in [0.29, 0.717) is 17.1 Å². The summed E-state index contributed by atoms with van der Waals surface area (Å²) in [5.74, 6) is -0.283. The molecule has 7 heteroatoms. The minimum atomic E-state index is -0.283. The monoisotopic (exact) mass is 404 g/mol. The highest BCUT2D eigenvalue weighted by molar-refractivity contribution is 6.03. The highest BCUT2D eigenvalue weighted by Crippen LogP contribution is 2.17. The van der Waals surface area contributed by atoms with E-state index in [-0.39, 0.29) is 5.91 Å². The Hall–Kier alpha value is -3.06. The van der Waals surface area contributed by atoms with Gasteiger partial charge in [0.25, 0.3) is 5.91 Å². The van der Waals surface area contributed by atoms with Crippen LogP contribution in [0.1, 0.15) is 52.3 Å². The molecule has 1 aromatic carbocycles. The van der Waals surface area contributed by atoms with Crippen LogP contribution in [-0.2, 0) is 6.54 Å². The molecule has 1 aliphatic rings. The maximum Gasteiger partial charge on any atom is 0.278 e. The Morgan fingerprint density at radius 2 is 1.83 bits per heavy atom. The second kappa shape index (κ2) is 8.75. The molecular formula is C23H28N6O. The number of likely N-dealkylation sites (tertiary alicyclic amines) is 1. The first kappa shape index (κ1) is 20.2. The number of piperidine rings is 1. The largest absolute Gasteiger partial charge is 0.319 e. The zero-order valence-corrected chi connectivity index (χ0v) is 17.9. The van der Waals surface area contributed by atoms with Gasteiger partial charge in [-0.2, -0.15) is 9.90 Å². The topological polar surface area (TPSA) is 75.9 Å². The zero-order valence-electron chi connectivity index (χ0n) is 17.9. The summed E-state index contributed by atoms with van der Waals surface area (Å²) in [5.41, 5.74) is 5.68. The van der Waals surface area contributed by atoms with Crippen LogP contribution in [0.4, 0.5) is 5.69 Å². The van der Waals surface area contributed by atoms with Gasteiger partial charge in [0.15, 0.2) is 5.69 Å². The summed E-state index contributed by atoms with van der Waals surface area (Å²) in [5, 5.41) is 11.8. The van der Waals surface area contributed by atoms with Crippen molar-refractivity contribution in [1.82, 2.24) is 24.9 Å². The van der Waals surface area contributed by atoms with E-state index in [4.69, 9.17) is 0 Å². The van der Waals surface area contributed by atoms with E-state index in [0.717, 1.165) is 36.6 Å². The van der Waals surface area contributed by atoms with E-state index in [2.05, 4.69) is 31.5 Å². The van der Waals surface area contributed by atoms with Gasteiger partial charge in [0.1, 0.15) is 0 Å². The number of amides is 1. The Morgan fingerprint density at radius 1 is 1.03 bits per heavy atom. The molecule has 30 heavy (non-hydrogen) atoms. The van der Waals surface area contributed by atoms with Gasteiger partial charge in [0.2, 0.25) is 0 Å². The maximum absolute atomic E-state index is 12.8. The summed E-state index contributed by atoms with van der Waals surface area (Å²) in [7, 11) is 0. The number of nitrogens with zero attached hydrogens (tertiary/aromatic N) is 5. The second-order valence-electron chi connectivity index (χ2n) is 8.04. The predicted octanol–water partition coefficient (Wildman–Crippen LogP) is 3.83. The van der Waals surface area contributed by atoms with Crippen molar-refractivity contribution in [3.8, 4) is 5.69 Å². The lowest BCUT2D eigenvalue weighted by Crippen LogP contribution is -2.29. The van der Waals surface area contributed by atoms with E-state index in [1.165, 1.54) is 29.6 Å². The molecule has 0 unspecified atom stereocenters. The van der Waals surface area contributed by atoms with Crippen molar-refractivity contribution in [1.29, 1.82) is 0 Å². The molecule has 0 atom stereocenters. The molecule has 7 nitrogen and oxygen atoms in total. The van der Waals surface area contributed by atoms with Crippen molar-refractivity contribution in [2.24, 2.45) is 0 Å². The van der Waals surface area contributed by atoms with E-state index < -0.39 is 0 Å². The lowest BCUT2D eigenvalue weighted by atomic mass is 10.1. The third kappa shape index (κ3) is 4.57. The number of aromatic nitrogens is 4. The van der Waals surface area contributed by atoms with Gasteiger partial charge >= 0.3 is 0 Å². The molecule has 1 fully saturated rings. The van der Waals surface area contributed by atoms with Crippen LogP contribution in [0.3, 0.4) is 0 Å². The first-order chi connectivity index (χ1) is 14.5. The highest BCUT2D eigenvalue weighted by atomic mass is 16.2. The fraction of sp³-hybridized carbons (Fsp3) is 0.391. The number of rotatable bonds is 5. The molecule has 0 spiro atoms. The molecule has 0 aliphatic carbocycles. The molecular weight excluding hydrogens is 376 g/mol. The number of benzene rings is 1. The quantitative estimate of drug-likeness (QED) is 0.699. The third-order valence-corrected chi connectivity index (χ3v) is 5.48. The fourth-order valence-corrected chi connectivity index (χ4v) is 3.85. The van der Waals surface area contributed by atoms with Gasteiger partial charge in [-0.1, -0.05) is 24.1 Å². The summed E-state index contributed by atoms with van der Waals surface area (Å²) in [6.45, 7) is 8.98. The number of carbonyl (C=O) groups excluding carboxylic acids is 1. The third-order valence-electron chi connectivity index (χ3n) is 5.48. The predicted molar refractivity (Wildman–Crippen MR) is 117 cm³/mol. The van der Waals surface area contributed by atoms with Crippen LogP contribution < -0.4 is 5.32 Å². The molecule has 2 aromatic heterocycles. The van der Waals surface area contributed by atoms with Crippen LogP contribution in [0.25, 0.3) is 5.69 Å². The highest BCUT2D eigenvalue weighted by Gasteiger charge is 2.18. The number of pyridine rings is 1. The molecule has 1 amide bonds. The van der Waals surface area contributed by atoms with Crippen molar-refractivity contribution in [2.45, 2.75) is 46.6 Å². The smallest absolute Gasteiger partial charge is 0.278 e. The minimum absolute atomic E-state index is 0.283. The number of hydrogen-bond donors (Lipinski definition) is 1. The molecule has 156 valence electrons. The van der Waals surface area contributed by atoms with Crippen molar-refractivity contribution < 1.29 is 4.79 Å². The molecule has 0 radical (unpaired) electrons. The Labute approximate surface area is 177 Å². The van der Waals surface area contributed by atoms with E-state index in [1.54, 1.807) is 13.1 Å². The Morgan fingerprint density at radius 3 is 2.53 bits per heavy atom. The van der Waals surface area contributed by atoms with Gasteiger partial charge in [0.05, 0.1) is 29.0 Å². The summed E-state index contributed by atoms with van der Waals surface area (Å²) < 4.78 is 0. The molecule has 1 N–H and O–H groups in total. The Kier molecular flexibility index (Phi) is 5.90. The number of aryl methyl sites for hydroxylation is 3. The molecule has 1 saturated heterocycles. The number of carbonyl (C=O) groups is 1. The zero-order chi connectivity index (χ0) is 21.1. The number of hydrogen-bond acceptors (Lipinski definition) is 5. The molecule has 1 aliphatic heterocycles. The second-order valence-corrected chi connectivity index (χ2v) is 8.04. The number of nitrogens with one attached hydrogen (secondary N) is 1. The molecule has 3 heterocycles. The van der Waals surface area contributed by atoms with Crippen LogP contribution in [-0.4, -0.2) is 43.9 Å². The lowest BCUT2D eigenvalue weighted by Gasteiger charge is -2.25. The Balaban J connectivity index is 1.44. The standard InChI is InChI=1S/C23H28N6O/c1-16-7-10-21(17(2)13-16)29-26-18(3)22(27-29)23(30)25-19-8-9-20(24-14-19)15-28-11-5-4-6-12-28/h7-10,13-14H,4-6,11-12,15H2,1-3H3,(H,25,30). The van der Waals surface area contributed by atoms with Gasteiger partial charge in [-0.05, 0) is 70.5 Å². The van der Waals surface area contributed by atoms with Gasteiger partial charge < -0.3 is 5.32 Å². The Bertz CT molecular complexity index is 1030. The minimum Gasteiger partial charge on any atom is -0.319 e. The van der Waals surface area contributed by atoms with E-state index in [1.807, 2.05) is 38.1 Å². The van der Waals surface area contributed by atoms with Gasteiger partial charge in [-0.25, -0.2) is 0 Å². The summed E-state index contributed by atoms with van der Waals surface area (Å²) in [4.78, 5) is 21.2. The van der Waals surface area contributed by atoms with Crippen LogP contribution in [0.15, 0.2) is 36.5 Å². The summed E-state index contributed by atoms with van der Waals surface area (Å²) >= 11 is 0.